The van der Waals surface area contributed by atoms with Crippen LogP contribution in [0.5, 0.6) is 0 Å². The minimum atomic E-state index is 0. The van der Waals surface area contributed by atoms with Crippen molar-refractivity contribution in [2.24, 2.45) is 0 Å². The van der Waals surface area contributed by atoms with Gasteiger partial charge in [-0.3, -0.25) is 0 Å². The molecule has 0 heterocycles. The van der Waals surface area contributed by atoms with Gasteiger partial charge in [-0.1, -0.05) is 7.43 Å². The van der Waals surface area contributed by atoms with E-state index in [0.29, 0.717) is 0 Å². The van der Waals surface area contributed by atoms with Gasteiger partial charge in [-0.05, 0) is 11.0 Å². The number of rotatable bonds is 0. The van der Waals surface area contributed by atoms with Crippen LogP contribution in [0, 0.1) is 0 Å². The maximum atomic E-state index is 0. The van der Waals surface area contributed by atoms with Crippen LogP contribution in [0.1, 0.15) is 7.43 Å². The minimum absolute atomic E-state index is 0. The van der Waals surface area contributed by atoms with Gasteiger partial charge in [0.2, 0.25) is 0 Å². The van der Waals surface area contributed by atoms with Crippen molar-refractivity contribution in [3.63, 3.8) is 0 Å². The van der Waals surface area contributed by atoms with Crippen molar-refractivity contribution in [3.8, 4) is 0 Å². The van der Waals surface area contributed by atoms with Gasteiger partial charge in [0.1, 0.15) is 0 Å². The van der Waals surface area contributed by atoms with Gasteiger partial charge in [-0.2, -0.15) is 9.90 Å². The van der Waals surface area contributed by atoms with E-state index in [1.165, 1.54) is 0 Å². The molecule has 0 rings (SSSR count). The van der Waals surface area contributed by atoms with Gasteiger partial charge in [0.25, 0.3) is 0 Å². The molecule has 0 saturated carbocycles. The Labute approximate surface area is 71.1 Å². The molecule has 0 aromatic rings. The summed E-state index contributed by atoms with van der Waals surface area (Å²) >= 11 is 0. The van der Waals surface area contributed by atoms with Gasteiger partial charge in [0.05, 0.1) is 8.41 Å². The molecule has 1 atom stereocenters. The Bertz CT molecular complexity index is 15.5. The van der Waals surface area contributed by atoms with Gasteiger partial charge < -0.3 is 0 Å². The Kier molecular flexibility index (Phi) is 1370. The first-order chi connectivity index (χ1) is 0. The first-order valence-corrected chi connectivity index (χ1v) is 0. The zero-order chi connectivity index (χ0) is 0. The first kappa shape index (κ1) is 114. The Hall–Kier alpha value is 1.76. The molecule has 0 spiro atoms. The van der Waals surface area contributed by atoms with Gasteiger partial charge in [-0.25, -0.2) is 0 Å². The molecular weight excluding hydrogens is 190 g/mol. The zero-order valence-electron chi connectivity index (χ0n) is 1.47. The van der Waals surface area contributed by atoms with Crippen LogP contribution in [0.3, 0.4) is 0 Å². The van der Waals surface area contributed by atoms with Crippen molar-refractivity contribution in [2.45, 2.75) is 7.43 Å². The van der Waals surface area contributed by atoms with E-state index in [1.54, 1.807) is 0 Å². The summed E-state index contributed by atoms with van der Waals surface area (Å²) in [4.78, 5) is 0. The normalized spacial score (nSPS) is 0. The topological polar surface area (TPSA) is 0 Å². The molecular formula is CH14BCrFePSi. The summed E-state index contributed by atoms with van der Waals surface area (Å²) in [7, 11) is 0. The summed E-state index contributed by atoms with van der Waals surface area (Å²) in [5.74, 6) is 0. The Morgan fingerprint density at radius 1 is 1.00 bits per heavy atom. The molecule has 1 unspecified atom stereocenters. The van der Waals surface area contributed by atoms with Crippen LogP contribution in [0.15, 0.2) is 0 Å². The molecule has 5 heteroatoms. The molecule has 0 aromatic carbocycles. The second-order valence-electron chi connectivity index (χ2n) is 0. The summed E-state index contributed by atoms with van der Waals surface area (Å²) in [6.07, 6.45) is 0. The molecule has 0 amide bonds. The molecule has 6 heavy (non-hydrogen) atoms. The van der Waals surface area contributed by atoms with E-state index in [9.17, 15) is 0 Å². The van der Waals surface area contributed by atoms with Crippen molar-refractivity contribution >= 4 is 29.3 Å². The van der Waals surface area contributed by atoms with Crippen LogP contribution in [-0.2, 0) is 34.4 Å². The standard InChI is InChI=1S/CH4.BH3.Cr.Fe.H3P.H4Si/h1H4;1H3;;;1H3;1H4. The van der Waals surface area contributed by atoms with E-state index >= 15 is 0 Å². The average molecular weight is 204 g/mol. The Balaban J connectivity index is 0. The zero-order valence-corrected chi connectivity index (χ0v) is 5.26. The Morgan fingerprint density at radius 3 is 1.00 bits per heavy atom. The van der Waals surface area contributed by atoms with Crippen LogP contribution in [0.2, 0.25) is 0 Å². The van der Waals surface area contributed by atoms with Gasteiger partial charge in [0, 0.05) is 34.4 Å². The number of hydrogen-bond donors (Lipinski definition) is 0. The fourth-order valence-electron chi connectivity index (χ4n) is 0. The summed E-state index contributed by atoms with van der Waals surface area (Å²) in [6, 6.07) is 0. The third-order valence-electron chi connectivity index (χ3n) is 0. The van der Waals surface area contributed by atoms with Crippen LogP contribution in [0.25, 0.3) is 0 Å². The van der Waals surface area contributed by atoms with Crippen LogP contribution in [0.4, 0.5) is 0 Å². The second-order valence-corrected chi connectivity index (χ2v) is 0. The summed E-state index contributed by atoms with van der Waals surface area (Å²) in [6.45, 7) is 0. The quantitative estimate of drug-likeness (QED) is 0.318. The fourth-order valence-corrected chi connectivity index (χ4v) is 0. The van der Waals surface area contributed by atoms with E-state index in [-0.39, 0.29) is 71.1 Å². The van der Waals surface area contributed by atoms with Crippen LogP contribution >= 0.6 is 9.90 Å². The first-order valence-electron chi connectivity index (χ1n) is 0. The van der Waals surface area contributed by atoms with Gasteiger partial charge >= 0.3 is 0 Å². The SMILES string of the molecule is B.C.P.[Cr].[Fe].[SiH4]. The third kappa shape index (κ3) is 42.0. The van der Waals surface area contributed by atoms with E-state index < -0.39 is 0 Å². The van der Waals surface area contributed by atoms with Gasteiger partial charge in [0.15, 0.2) is 0 Å². The summed E-state index contributed by atoms with van der Waals surface area (Å²) in [5, 5.41) is 0. The molecule has 0 aromatic heterocycles. The second kappa shape index (κ2) is 72.2. The van der Waals surface area contributed by atoms with E-state index in [0.717, 1.165) is 0 Å². The number of hydrogen-bond acceptors (Lipinski definition) is 0. The molecule has 0 aliphatic rings. The average Bonchev–Trinajstić information content (AvgIpc) is 0. The van der Waals surface area contributed by atoms with E-state index in [4.69, 9.17) is 0 Å². The van der Waals surface area contributed by atoms with E-state index in [2.05, 4.69) is 0 Å². The Morgan fingerprint density at radius 2 is 1.00 bits per heavy atom. The van der Waals surface area contributed by atoms with Crippen LogP contribution < -0.4 is 0 Å². The van der Waals surface area contributed by atoms with Crippen molar-refractivity contribution in [1.29, 1.82) is 0 Å². The molecule has 0 bridgehead atoms. The predicted molar refractivity (Wildman–Crippen MR) is 39.1 cm³/mol. The fraction of sp³-hybridized carbons (Fsp3) is 1.00. The molecule has 0 saturated heterocycles. The molecule has 0 aliphatic heterocycles. The van der Waals surface area contributed by atoms with Crippen LogP contribution in [-0.4, -0.2) is 19.4 Å². The van der Waals surface area contributed by atoms with Crippen molar-refractivity contribution in [3.05, 3.63) is 0 Å². The molecule has 0 fully saturated rings. The third-order valence-corrected chi connectivity index (χ3v) is 0. The largest absolute Gasteiger partial charge is 0.153 e. The smallest absolute Gasteiger partial charge is 0.0814 e. The maximum Gasteiger partial charge on any atom is 0.0814 e. The summed E-state index contributed by atoms with van der Waals surface area (Å²) in [5.41, 5.74) is 0. The minimum Gasteiger partial charge on any atom is -0.153 e. The molecule has 0 N–H and O–H groups in total. The maximum absolute atomic E-state index is 0. The predicted octanol–water partition coefficient (Wildman–Crippen LogP) is -1.95. The van der Waals surface area contributed by atoms with E-state index in [1.807, 2.05) is 0 Å². The molecule has 0 radical (unpaired) electrons. The molecule has 0 aliphatic carbocycles. The molecule has 0 nitrogen and oxygen atoms in total. The monoisotopic (exact) mass is 204 g/mol. The molecule has 44 valence electrons. The van der Waals surface area contributed by atoms with Gasteiger partial charge in [-0.15, -0.1) is 0 Å². The summed E-state index contributed by atoms with van der Waals surface area (Å²) < 4.78 is 0. The van der Waals surface area contributed by atoms with Crippen molar-refractivity contribution < 1.29 is 34.4 Å². The van der Waals surface area contributed by atoms with Crippen molar-refractivity contribution in [1.82, 2.24) is 0 Å². The van der Waals surface area contributed by atoms with Crippen molar-refractivity contribution in [2.75, 3.05) is 0 Å².